The molecule has 0 unspecified atom stereocenters. The standard InChI is InChI=1S/C70H46N4/c1-6-21-47(22-7-1)50-37-39-52(40-38-50)68-71-67(51-27-12-4-13-28-51)72-69(73-68)58-31-20-34-63-66(58)59-46-53(56-44-54(48-23-8-2-9-24-48)43-55(45-56)49-25-10-3-11-26-49)41-42-60(59)70(63)61-32-16-18-35-64(61)74(57-29-14-5-15-30-57)65-36-19-17-33-62(65)70/h1-46H. The second-order valence-corrected chi connectivity index (χ2v) is 19.1. The van der Waals surface area contributed by atoms with Gasteiger partial charge < -0.3 is 4.90 Å². The van der Waals surface area contributed by atoms with Crippen LogP contribution in [0.5, 0.6) is 0 Å². The maximum atomic E-state index is 5.47. The third-order valence-electron chi connectivity index (χ3n) is 14.9. The summed E-state index contributed by atoms with van der Waals surface area (Å²) in [5.41, 5.74) is 21.8. The topological polar surface area (TPSA) is 41.9 Å². The van der Waals surface area contributed by atoms with E-state index in [4.69, 9.17) is 15.0 Å². The van der Waals surface area contributed by atoms with Gasteiger partial charge in [-0.05, 0) is 126 Å². The minimum atomic E-state index is -0.704. The molecule has 0 fully saturated rings. The van der Waals surface area contributed by atoms with Crippen molar-refractivity contribution in [2.45, 2.75) is 5.41 Å². The van der Waals surface area contributed by atoms with Crippen LogP contribution in [0.1, 0.15) is 22.3 Å². The van der Waals surface area contributed by atoms with E-state index in [0.717, 1.165) is 67.1 Å². The molecule has 2 heterocycles. The molecule has 0 N–H and O–H groups in total. The Kier molecular flexibility index (Phi) is 10.4. The van der Waals surface area contributed by atoms with E-state index in [0.29, 0.717) is 17.5 Å². The fourth-order valence-electron chi connectivity index (χ4n) is 11.6. The van der Waals surface area contributed by atoms with Crippen molar-refractivity contribution in [1.82, 2.24) is 15.0 Å². The summed E-state index contributed by atoms with van der Waals surface area (Å²) in [6, 6.07) is 100. The van der Waals surface area contributed by atoms with E-state index in [1.54, 1.807) is 0 Å². The van der Waals surface area contributed by atoms with Gasteiger partial charge in [0.2, 0.25) is 0 Å². The van der Waals surface area contributed by atoms with Crippen LogP contribution in [0.15, 0.2) is 279 Å². The number of para-hydroxylation sites is 3. The zero-order valence-corrected chi connectivity index (χ0v) is 40.3. The first-order valence-corrected chi connectivity index (χ1v) is 25.3. The average Bonchev–Trinajstić information content (AvgIpc) is 3.78. The quantitative estimate of drug-likeness (QED) is 0.152. The summed E-state index contributed by atoms with van der Waals surface area (Å²) >= 11 is 0. The fourth-order valence-corrected chi connectivity index (χ4v) is 11.6. The Balaban J connectivity index is 1.04. The number of fused-ring (bicyclic) bond motifs is 9. The maximum absolute atomic E-state index is 5.47. The van der Waals surface area contributed by atoms with Crippen molar-refractivity contribution in [2.75, 3.05) is 4.90 Å². The summed E-state index contributed by atoms with van der Waals surface area (Å²) in [4.78, 5) is 18.5. The number of nitrogens with zero attached hydrogens (tertiary/aromatic N) is 4. The number of rotatable bonds is 8. The molecule has 12 aromatic rings. The summed E-state index contributed by atoms with van der Waals surface area (Å²) in [5.74, 6) is 1.85. The second-order valence-electron chi connectivity index (χ2n) is 19.1. The molecule has 0 radical (unpaired) electrons. The predicted molar refractivity (Wildman–Crippen MR) is 303 cm³/mol. The zero-order chi connectivity index (χ0) is 49.0. The highest BCUT2D eigenvalue weighted by Crippen LogP contribution is 2.65. The minimum Gasteiger partial charge on any atom is -0.310 e. The van der Waals surface area contributed by atoms with Crippen LogP contribution >= 0.6 is 0 Å². The number of hydrogen-bond donors (Lipinski definition) is 0. The lowest BCUT2D eigenvalue weighted by Crippen LogP contribution is -2.36. The van der Waals surface area contributed by atoms with E-state index >= 15 is 0 Å². The molecule has 1 aliphatic heterocycles. The molecule has 14 rings (SSSR count). The van der Waals surface area contributed by atoms with Crippen LogP contribution in [0.3, 0.4) is 0 Å². The van der Waals surface area contributed by atoms with Crippen LogP contribution in [0.4, 0.5) is 17.1 Å². The summed E-state index contributed by atoms with van der Waals surface area (Å²) < 4.78 is 0. The van der Waals surface area contributed by atoms with Gasteiger partial charge in [-0.2, -0.15) is 0 Å². The smallest absolute Gasteiger partial charge is 0.164 e. The molecule has 0 atom stereocenters. The Morgan fingerprint density at radius 3 is 1.19 bits per heavy atom. The number of benzene rings is 11. The SMILES string of the molecule is c1ccc(-c2ccc(-c3nc(-c4ccccc4)nc(-c4cccc5c4-c4cc(-c6cc(-c7ccccc7)cc(-c7ccccc7)c6)ccc4C54c5ccccc5N(c5ccccc5)c5ccccc54)n3)cc2)cc1. The van der Waals surface area contributed by atoms with E-state index in [9.17, 15) is 0 Å². The van der Waals surface area contributed by atoms with E-state index in [1.807, 2.05) is 24.3 Å². The Morgan fingerprint density at radius 2 is 0.635 bits per heavy atom. The van der Waals surface area contributed by atoms with Crippen LogP contribution in [-0.2, 0) is 5.41 Å². The molecule has 74 heavy (non-hydrogen) atoms. The molecule has 2 aliphatic rings. The number of aromatic nitrogens is 3. The third kappa shape index (κ3) is 7.10. The van der Waals surface area contributed by atoms with Gasteiger partial charge in [0.05, 0.1) is 16.8 Å². The molecule has 4 nitrogen and oxygen atoms in total. The van der Waals surface area contributed by atoms with Crippen molar-refractivity contribution in [2.24, 2.45) is 0 Å². The van der Waals surface area contributed by atoms with Crippen molar-refractivity contribution >= 4 is 17.1 Å². The molecule has 0 saturated heterocycles. The first-order valence-electron chi connectivity index (χ1n) is 25.3. The molecular formula is C70H46N4. The molecule has 1 aromatic heterocycles. The summed E-state index contributed by atoms with van der Waals surface area (Å²) in [6.07, 6.45) is 0. The maximum Gasteiger partial charge on any atom is 0.164 e. The fraction of sp³-hybridized carbons (Fsp3) is 0.0143. The lowest BCUT2D eigenvalue weighted by Gasteiger charge is -2.45. The van der Waals surface area contributed by atoms with Crippen molar-refractivity contribution in [3.63, 3.8) is 0 Å². The highest BCUT2D eigenvalue weighted by atomic mass is 15.2. The lowest BCUT2D eigenvalue weighted by atomic mass is 9.64. The van der Waals surface area contributed by atoms with Gasteiger partial charge in [-0.15, -0.1) is 0 Å². The summed E-state index contributed by atoms with van der Waals surface area (Å²) in [7, 11) is 0. The highest BCUT2D eigenvalue weighted by molar-refractivity contribution is 6.01. The van der Waals surface area contributed by atoms with E-state index < -0.39 is 5.41 Å². The van der Waals surface area contributed by atoms with Gasteiger partial charge >= 0.3 is 0 Å². The monoisotopic (exact) mass is 942 g/mol. The average molecular weight is 943 g/mol. The summed E-state index contributed by atoms with van der Waals surface area (Å²) in [6.45, 7) is 0. The zero-order valence-electron chi connectivity index (χ0n) is 40.3. The molecule has 0 bridgehead atoms. The van der Waals surface area contributed by atoms with E-state index in [1.165, 1.54) is 44.5 Å². The second kappa shape index (κ2) is 17.8. The van der Waals surface area contributed by atoms with Crippen LogP contribution in [0, 0.1) is 0 Å². The highest BCUT2D eigenvalue weighted by Gasteiger charge is 2.52. The van der Waals surface area contributed by atoms with Gasteiger partial charge in [0, 0.05) is 22.4 Å². The molecule has 11 aromatic carbocycles. The Labute approximate surface area is 431 Å². The lowest BCUT2D eigenvalue weighted by molar-refractivity contribution is 0.753. The van der Waals surface area contributed by atoms with Gasteiger partial charge in [-0.1, -0.05) is 231 Å². The number of hydrogen-bond acceptors (Lipinski definition) is 4. The van der Waals surface area contributed by atoms with Gasteiger partial charge in [0.1, 0.15) is 0 Å². The Hall–Kier alpha value is -9.77. The van der Waals surface area contributed by atoms with E-state index in [2.05, 4.69) is 260 Å². The number of anilines is 3. The molecule has 4 heteroatoms. The van der Waals surface area contributed by atoms with Crippen molar-refractivity contribution in [3.05, 3.63) is 301 Å². The molecule has 1 spiro atoms. The molecule has 346 valence electrons. The van der Waals surface area contributed by atoms with Crippen LogP contribution < -0.4 is 4.90 Å². The molecule has 0 saturated carbocycles. The Morgan fingerprint density at radius 1 is 0.243 bits per heavy atom. The first-order chi connectivity index (χ1) is 36.7. The molecule has 1 aliphatic carbocycles. The van der Waals surface area contributed by atoms with Crippen molar-refractivity contribution in [3.8, 4) is 89.8 Å². The first kappa shape index (κ1) is 43.1. The van der Waals surface area contributed by atoms with Crippen molar-refractivity contribution < 1.29 is 0 Å². The summed E-state index contributed by atoms with van der Waals surface area (Å²) in [5, 5.41) is 0. The minimum absolute atomic E-state index is 0.616. The van der Waals surface area contributed by atoms with Crippen LogP contribution in [-0.4, -0.2) is 15.0 Å². The van der Waals surface area contributed by atoms with Gasteiger partial charge in [0.15, 0.2) is 17.5 Å². The van der Waals surface area contributed by atoms with Crippen LogP contribution in [0.2, 0.25) is 0 Å². The molecular weight excluding hydrogens is 897 g/mol. The molecule has 0 amide bonds. The Bertz CT molecular complexity index is 3940. The largest absolute Gasteiger partial charge is 0.310 e. The van der Waals surface area contributed by atoms with Gasteiger partial charge in [-0.3, -0.25) is 0 Å². The van der Waals surface area contributed by atoms with Crippen molar-refractivity contribution in [1.29, 1.82) is 0 Å². The third-order valence-corrected chi connectivity index (χ3v) is 14.9. The van der Waals surface area contributed by atoms with E-state index in [-0.39, 0.29) is 0 Å². The van der Waals surface area contributed by atoms with Gasteiger partial charge in [-0.25, -0.2) is 15.0 Å². The predicted octanol–water partition coefficient (Wildman–Crippen LogP) is 17.7. The normalized spacial score (nSPS) is 12.7. The van der Waals surface area contributed by atoms with Gasteiger partial charge in [0.25, 0.3) is 0 Å². The van der Waals surface area contributed by atoms with Crippen LogP contribution in [0.25, 0.3) is 89.8 Å².